The van der Waals surface area contributed by atoms with Gasteiger partial charge in [0, 0.05) is 37.8 Å². The summed E-state index contributed by atoms with van der Waals surface area (Å²) in [4.78, 5) is 2.00. The molecular weight excluding hydrogens is 320 g/mol. The van der Waals surface area contributed by atoms with E-state index in [9.17, 15) is 17.6 Å². The predicted octanol–water partition coefficient (Wildman–Crippen LogP) is 3.79. The quantitative estimate of drug-likeness (QED) is 0.664. The topological polar surface area (TPSA) is 15.3 Å². The lowest BCUT2D eigenvalue weighted by Crippen LogP contribution is -2.45. The van der Waals surface area contributed by atoms with Crippen molar-refractivity contribution in [3.8, 4) is 0 Å². The van der Waals surface area contributed by atoms with Gasteiger partial charge in [0.15, 0.2) is 0 Å². The molecule has 1 fully saturated rings. The molecule has 0 bridgehead atoms. The highest BCUT2D eigenvalue weighted by Crippen LogP contribution is 2.36. The number of piperazine rings is 1. The lowest BCUT2D eigenvalue weighted by Gasteiger charge is -2.35. The lowest BCUT2D eigenvalue weighted by molar-refractivity contribution is -0.140. The van der Waals surface area contributed by atoms with Gasteiger partial charge in [0.2, 0.25) is 0 Å². The molecule has 1 aromatic carbocycles. The number of rotatable bonds is 4. The summed E-state index contributed by atoms with van der Waals surface area (Å²) >= 11 is 0. The molecule has 0 unspecified atom stereocenters. The monoisotopic (exact) mass is 338 g/mol. The summed E-state index contributed by atoms with van der Waals surface area (Å²) in [6.07, 6.45) is -2.65. The van der Waals surface area contributed by atoms with Gasteiger partial charge in [-0.3, -0.25) is 4.90 Å². The van der Waals surface area contributed by atoms with Crippen molar-refractivity contribution in [2.45, 2.75) is 18.6 Å². The normalized spacial score (nSPS) is 17.6. The van der Waals surface area contributed by atoms with E-state index in [4.69, 9.17) is 0 Å². The minimum Gasteiger partial charge on any atom is -0.314 e. The molecule has 0 saturated carbocycles. The van der Waals surface area contributed by atoms with Gasteiger partial charge in [-0.1, -0.05) is 18.2 Å². The summed E-state index contributed by atoms with van der Waals surface area (Å²) in [6, 6.07) is 3.06. The molecular formula is C15H19ClF4N2. The Hall–Kier alpha value is -1.11. The first-order valence-electron chi connectivity index (χ1n) is 6.86. The van der Waals surface area contributed by atoms with Crippen molar-refractivity contribution in [1.82, 2.24) is 10.2 Å². The van der Waals surface area contributed by atoms with Crippen LogP contribution in [0.25, 0.3) is 0 Å². The Morgan fingerprint density at radius 3 is 2.45 bits per heavy atom. The molecule has 1 atom stereocenters. The van der Waals surface area contributed by atoms with Crippen LogP contribution in [0.3, 0.4) is 0 Å². The molecule has 1 aliphatic heterocycles. The fourth-order valence-corrected chi connectivity index (χ4v) is 2.65. The van der Waals surface area contributed by atoms with Crippen molar-refractivity contribution in [3.05, 3.63) is 47.8 Å². The zero-order valence-electron chi connectivity index (χ0n) is 12.0. The van der Waals surface area contributed by atoms with Crippen molar-refractivity contribution < 1.29 is 17.6 Å². The first kappa shape index (κ1) is 18.9. The van der Waals surface area contributed by atoms with E-state index in [1.807, 2.05) is 4.90 Å². The maximum atomic E-state index is 14.3. The molecule has 2 rings (SSSR count). The van der Waals surface area contributed by atoms with Crippen LogP contribution in [-0.2, 0) is 6.18 Å². The zero-order chi connectivity index (χ0) is 15.5. The molecule has 1 aliphatic rings. The van der Waals surface area contributed by atoms with Gasteiger partial charge in [-0.05, 0) is 12.5 Å². The van der Waals surface area contributed by atoms with Crippen LogP contribution in [0.2, 0.25) is 0 Å². The summed E-state index contributed by atoms with van der Waals surface area (Å²) in [6.45, 7) is 6.47. The van der Waals surface area contributed by atoms with Crippen LogP contribution in [0.15, 0.2) is 30.9 Å². The van der Waals surface area contributed by atoms with Gasteiger partial charge in [0.25, 0.3) is 0 Å². The molecule has 0 aliphatic carbocycles. The average molecular weight is 339 g/mol. The summed E-state index contributed by atoms with van der Waals surface area (Å²) < 4.78 is 52.8. The molecule has 1 heterocycles. The highest BCUT2D eigenvalue weighted by molar-refractivity contribution is 5.85. The number of alkyl halides is 3. The van der Waals surface area contributed by atoms with Crippen molar-refractivity contribution in [1.29, 1.82) is 0 Å². The number of hydrogen-bond donors (Lipinski definition) is 1. The van der Waals surface area contributed by atoms with Gasteiger partial charge in [-0.15, -0.1) is 19.0 Å². The van der Waals surface area contributed by atoms with Gasteiger partial charge >= 0.3 is 6.18 Å². The second kappa shape index (κ2) is 7.94. The second-order valence-electron chi connectivity index (χ2n) is 5.03. The molecule has 22 heavy (non-hydrogen) atoms. The Bertz CT molecular complexity index is 499. The molecule has 7 heteroatoms. The fraction of sp³-hybridized carbons (Fsp3) is 0.467. The third-order valence-corrected chi connectivity index (χ3v) is 3.68. The van der Waals surface area contributed by atoms with Gasteiger partial charge in [0.1, 0.15) is 5.82 Å². The highest BCUT2D eigenvalue weighted by Gasteiger charge is 2.36. The van der Waals surface area contributed by atoms with Gasteiger partial charge < -0.3 is 5.32 Å². The lowest BCUT2D eigenvalue weighted by atomic mass is 9.98. The number of hydrogen-bond acceptors (Lipinski definition) is 2. The number of nitrogens with zero attached hydrogens (tertiary/aromatic N) is 1. The highest BCUT2D eigenvalue weighted by atomic mass is 35.5. The van der Waals surface area contributed by atoms with E-state index in [0.29, 0.717) is 19.5 Å². The Kier molecular flexibility index (Phi) is 6.84. The van der Waals surface area contributed by atoms with Crippen molar-refractivity contribution in [2.75, 3.05) is 26.2 Å². The minimum atomic E-state index is -4.68. The molecule has 0 amide bonds. The molecule has 1 aromatic rings. The summed E-state index contributed by atoms with van der Waals surface area (Å²) in [7, 11) is 0. The Labute approximate surface area is 133 Å². The van der Waals surface area contributed by atoms with E-state index in [1.54, 1.807) is 6.08 Å². The van der Waals surface area contributed by atoms with Crippen molar-refractivity contribution in [3.63, 3.8) is 0 Å². The summed E-state index contributed by atoms with van der Waals surface area (Å²) in [5, 5.41) is 3.17. The molecule has 0 aromatic heterocycles. The second-order valence-corrected chi connectivity index (χ2v) is 5.03. The van der Waals surface area contributed by atoms with Crippen LogP contribution in [0.4, 0.5) is 17.6 Å². The third-order valence-electron chi connectivity index (χ3n) is 3.68. The Morgan fingerprint density at radius 2 is 1.91 bits per heavy atom. The van der Waals surface area contributed by atoms with E-state index in [-0.39, 0.29) is 18.0 Å². The SMILES string of the molecule is C=CC[C@H](c1cccc(C(F)(F)F)c1F)N1CCNCC1.Cl. The first-order chi connectivity index (χ1) is 9.95. The smallest absolute Gasteiger partial charge is 0.314 e. The van der Waals surface area contributed by atoms with Crippen molar-refractivity contribution >= 4 is 12.4 Å². The van der Waals surface area contributed by atoms with E-state index in [0.717, 1.165) is 19.2 Å². The van der Waals surface area contributed by atoms with E-state index >= 15 is 0 Å². The number of benzene rings is 1. The third kappa shape index (κ3) is 4.21. The van der Waals surface area contributed by atoms with Gasteiger partial charge in [0.05, 0.1) is 5.56 Å². The number of nitrogens with one attached hydrogen (secondary N) is 1. The van der Waals surface area contributed by atoms with E-state index in [2.05, 4.69) is 11.9 Å². The first-order valence-corrected chi connectivity index (χ1v) is 6.86. The van der Waals surface area contributed by atoms with Crippen LogP contribution >= 0.6 is 12.4 Å². The maximum absolute atomic E-state index is 14.3. The Morgan fingerprint density at radius 1 is 1.27 bits per heavy atom. The van der Waals surface area contributed by atoms with E-state index in [1.165, 1.54) is 12.1 Å². The Balaban J connectivity index is 0.00000242. The van der Waals surface area contributed by atoms with Crippen LogP contribution in [-0.4, -0.2) is 31.1 Å². The predicted molar refractivity (Wildman–Crippen MR) is 80.6 cm³/mol. The van der Waals surface area contributed by atoms with Gasteiger partial charge in [-0.25, -0.2) is 4.39 Å². The minimum absolute atomic E-state index is 0. The maximum Gasteiger partial charge on any atom is 0.419 e. The molecule has 124 valence electrons. The van der Waals surface area contributed by atoms with Crippen LogP contribution < -0.4 is 5.32 Å². The zero-order valence-corrected chi connectivity index (χ0v) is 12.8. The standard InChI is InChI=1S/C15H18F4N2.ClH/c1-2-4-13(21-9-7-20-8-10-21)11-5-3-6-12(14(11)16)15(17,18)19;/h2-3,5-6,13,20H,1,4,7-10H2;1H/t13-;/m1./s1. The average Bonchev–Trinajstić information content (AvgIpc) is 2.45. The molecule has 1 N–H and O–H groups in total. The molecule has 0 radical (unpaired) electrons. The molecule has 1 saturated heterocycles. The van der Waals surface area contributed by atoms with Crippen molar-refractivity contribution in [2.24, 2.45) is 0 Å². The van der Waals surface area contributed by atoms with Crippen LogP contribution in [0.1, 0.15) is 23.6 Å². The molecule has 2 nitrogen and oxygen atoms in total. The van der Waals surface area contributed by atoms with Gasteiger partial charge in [-0.2, -0.15) is 13.2 Å². The molecule has 0 spiro atoms. The number of halogens is 5. The van der Waals surface area contributed by atoms with Crippen LogP contribution in [0, 0.1) is 5.82 Å². The fourth-order valence-electron chi connectivity index (χ4n) is 2.65. The summed E-state index contributed by atoms with van der Waals surface area (Å²) in [5.41, 5.74) is -1.11. The van der Waals surface area contributed by atoms with E-state index < -0.39 is 23.6 Å². The summed E-state index contributed by atoms with van der Waals surface area (Å²) in [5.74, 6) is -1.17. The largest absolute Gasteiger partial charge is 0.419 e. The van der Waals surface area contributed by atoms with Crippen LogP contribution in [0.5, 0.6) is 0 Å².